The van der Waals surface area contributed by atoms with Gasteiger partial charge in [-0.15, -0.1) is 0 Å². The highest BCUT2D eigenvalue weighted by Gasteiger charge is 2.17. The number of rotatable bonds is 1. The van der Waals surface area contributed by atoms with Gasteiger partial charge in [0.2, 0.25) is 5.88 Å². The molecule has 1 heterocycles. The second kappa shape index (κ2) is 3.44. The van der Waals surface area contributed by atoms with Crippen LogP contribution in [0, 0.1) is 0 Å². The number of aliphatic imine (C=N–C) groups is 1. The monoisotopic (exact) mass is 190 g/mol. The Morgan fingerprint density at radius 2 is 2.58 bits per heavy atom. The number of halogens is 1. The van der Waals surface area contributed by atoms with Gasteiger partial charge >= 0.3 is 6.09 Å². The first-order chi connectivity index (χ1) is 5.63. The molecule has 0 aliphatic carbocycles. The first kappa shape index (κ1) is 8.86. The summed E-state index contributed by atoms with van der Waals surface area (Å²) in [7, 11) is 1.39. The highest BCUT2D eigenvalue weighted by Crippen LogP contribution is 2.10. The van der Waals surface area contributed by atoms with Gasteiger partial charge in [0.1, 0.15) is 5.17 Å². The molecule has 6 heteroatoms. The van der Waals surface area contributed by atoms with Crippen molar-refractivity contribution in [3.05, 3.63) is 12.1 Å². The zero-order valence-corrected chi connectivity index (χ0v) is 7.08. The highest BCUT2D eigenvalue weighted by atomic mass is 35.5. The van der Waals surface area contributed by atoms with Crippen LogP contribution >= 0.6 is 11.6 Å². The minimum Gasteiger partial charge on any atom is -0.480 e. The fourth-order valence-electron chi connectivity index (χ4n) is 0.725. The summed E-state index contributed by atoms with van der Waals surface area (Å²) >= 11 is 5.55. The molecule has 0 radical (unpaired) electrons. The number of ether oxygens (including phenoxy) is 1. The van der Waals surface area contributed by atoms with E-state index in [9.17, 15) is 4.79 Å². The van der Waals surface area contributed by atoms with Crippen LogP contribution < -0.4 is 0 Å². The average molecular weight is 191 g/mol. The minimum atomic E-state index is -1.09. The summed E-state index contributed by atoms with van der Waals surface area (Å²) in [5.41, 5.74) is 0. The minimum absolute atomic E-state index is 0.0732. The molecular weight excluding hydrogens is 184 g/mol. The van der Waals surface area contributed by atoms with Crippen molar-refractivity contribution < 1.29 is 14.6 Å². The average Bonchev–Trinajstić information content (AvgIpc) is 2.03. The molecule has 1 N–H and O–H groups in total. The standard InChI is InChI=1S/C6H7ClN2O3/c1-12-5-3-9(6(10)11)2-4(7)8-5/h3H,2H2,1H3,(H,10,11). The van der Waals surface area contributed by atoms with Gasteiger partial charge in [-0.2, -0.15) is 0 Å². The molecule has 0 bridgehead atoms. The largest absolute Gasteiger partial charge is 0.480 e. The predicted molar refractivity (Wildman–Crippen MR) is 43.1 cm³/mol. The molecule has 0 saturated carbocycles. The van der Waals surface area contributed by atoms with Crippen LogP contribution in [0.25, 0.3) is 0 Å². The van der Waals surface area contributed by atoms with E-state index >= 15 is 0 Å². The molecule has 1 aliphatic heterocycles. The van der Waals surface area contributed by atoms with E-state index in [1.165, 1.54) is 13.3 Å². The van der Waals surface area contributed by atoms with E-state index < -0.39 is 6.09 Å². The Morgan fingerprint density at radius 1 is 1.92 bits per heavy atom. The number of methoxy groups -OCH3 is 1. The molecule has 0 unspecified atom stereocenters. The highest BCUT2D eigenvalue weighted by molar-refractivity contribution is 6.66. The van der Waals surface area contributed by atoms with Crippen molar-refractivity contribution in [2.45, 2.75) is 0 Å². The number of carboxylic acid groups (broad SMARTS) is 1. The van der Waals surface area contributed by atoms with Gasteiger partial charge in [0, 0.05) is 0 Å². The molecule has 0 atom stereocenters. The number of nitrogens with zero attached hydrogens (tertiary/aromatic N) is 2. The molecule has 0 saturated heterocycles. The fourth-order valence-corrected chi connectivity index (χ4v) is 0.937. The molecule has 1 aliphatic rings. The fraction of sp³-hybridized carbons (Fsp3) is 0.333. The Morgan fingerprint density at radius 3 is 3.08 bits per heavy atom. The van der Waals surface area contributed by atoms with Gasteiger partial charge in [-0.1, -0.05) is 11.6 Å². The number of hydrogen-bond donors (Lipinski definition) is 1. The maximum Gasteiger partial charge on any atom is 0.411 e. The van der Waals surface area contributed by atoms with Crippen LogP contribution in [0.1, 0.15) is 0 Å². The van der Waals surface area contributed by atoms with Crippen molar-refractivity contribution in [2.75, 3.05) is 13.7 Å². The molecule has 12 heavy (non-hydrogen) atoms. The van der Waals surface area contributed by atoms with Crippen LogP contribution in [0.3, 0.4) is 0 Å². The summed E-state index contributed by atoms with van der Waals surface area (Å²) in [5.74, 6) is 0.189. The van der Waals surface area contributed by atoms with Crippen LogP contribution in [0.2, 0.25) is 0 Å². The lowest BCUT2D eigenvalue weighted by molar-refractivity contribution is 0.163. The van der Waals surface area contributed by atoms with Crippen molar-refractivity contribution in [3.8, 4) is 0 Å². The Kier molecular flexibility index (Phi) is 2.54. The second-order valence-electron chi connectivity index (χ2n) is 2.07. The molecule has 0 aromatic rings. The van der Waals surface area contributed by atoms with Gasteiger partial charge in [0.05, 0.1) is 19.9 Å². The van der Waals surface area contributed by atoms with Crippen molar-refractivity contribution in [1.29, 1.82) is 0 Å². The normalized spacial score (nSPS) is 16.7. The number of carbonyl (C=O) groups is 1. The zero-order chi connectivity index (χ0) is 9.14. The van der Waals surface area contributed by atoms with E-state index in [1.54, 1.807) is 0 Å². The third-order valence-electron chi connectivity index (χ3n) is 1.25. The first-order valence-corrected chi connectivity index (χ1v) is 3.49. The second-order valence-corrected chi connectivity index (χ2v) is 2.51. The Bertz CT molecular complexity index is 262. The van der Waals surface area contributed by atoms with E-state index in [1.807, 2.05) is 0 Å². The van der Waals surface area contributed by atoms with Crippen molar-refractivity contribution >= 4 is 22.9 Å². The van der Waals surface area contributed by atoms with Crippen LogP contribution in [0.4, 0.5) is 4.79 Å². The lowest BCUT2D eigenvalue weighted by Gasteiger charge is -2.17. The SMILES string of the molecule is COC1=CN(C(=O)O)CC(Cl)=N1. The smallest absolute Gasteiger partial charge is 0.411 e. The number of hydrogen-bond acceptors (Lipinski definition) is 3. The van der Waals surface area contributed by atoms with Gasteiger partial charge < -0.3 is 9.84 Å². The van der Waals surface area contributed by atoms with E-state index in [-0.39, 0.29) is 17.6 Å². The van der Waals surface area contributed by atoms with Crippen LogP contribution in [-0.4, -0.2) is 34.9 Å². The molecule has 0 aromatic carbocycles. The van der Waals surface area contributed by atoms with Gasteiger partial charge in [0.25, 0.3) is 0 Å². The zero-order valence-electron chi connectivity index (χ0n) is 6.32. The molecule has 5 nitrogen and oxygen atoms in total. The Hall–Kier alpha value is -1.23. The summed E-state index contributed by atoms with van der Waals surface area (Å²) in [6.07, 6.45) is 0.186. The lowest BCUT2D eigenvalue weighted by Crippen LogP contribution is -2.31. The first-order valence-electron chi connectivity index (χ1n) is 3.12. The summed E-state index contributed by atoms with van der Waals surface area (Å²) in [6, 6.07) is 0. The summed E-state index contributed by atoms with van der Waals surface area (Å²) in [4.78, 5) is 15.2. The third-order valence-corrected chi connectivity index (χ3v) is 1.46. The molecule has 1 rings (SSSR count). The van der Waals surface area contributed by atoms with Crippen molar-refractivity contribution in [1.82, 2.24) is 4.90 Å². The Labute approximate surface area is 73.9 Å². The quantitative estimate of drug-likeness (QED) is 0.673. The molecule has 0 fully saturated rings. The van der Waals surface area contributed by atoms with E-state index in [0.717, 1.165) is 4.90 Å². The molecule has 1 amide bonds. The van der Waals surface area contributed by atoms with Crippen LogP contribution in [0.5, 0.6) is 0 Å². The van der Waals surface area contributed by atoms with E-state index in [2.05, 4.69) is 4.99 Å². The van der Waals surface area contributed by atoms with E-state index in [0.29, 0.717) is 0 Å². The van der Waals surface area contributed by atoms with Gasteiger partial charge in [0.15, 0.2) is 0 Å². The number of amides is 1. The van der Waals surface area contributed by atoms with E-state index in [4.69, 9.17) is 21.4 Å². The molecule has 0 aromatic heterocycles. The van der Waals surface area contributed by atoms with Crippen molar-refractivity contribution in [2.24, 2.45) is 4.99 Å². The van der Waals surface area contributed by atoms with Crippen LogP contribution in [-0.2, 0) is 4.74 Å². The van der Waals surface area contributed by atoms with Crippen molar-refractivity contribution in [3.63, 3.8) is 0 Å². The summed E-state index contributed by atoms with van der Waals surface area (Å²) < 4.78 is 4.73. The lowest BCUT2D eigenvalue weighted by atomic mass is 10.5. The van der Waals surface area contributed by atoms with Gasteiger partial charge in [-0.25, -0.2) is 9.79 Å². The van der Waals surface area contributed by atoms with Crippen LogP contribution in [0.15, 0.2) is 17.1 Å². The Balaban J connectivity index is 2.81. The maximum absolute atomic E-state index is 10.5. The molecular formula is C6H7ClN2O3. The van der Waals surface area contributed by atoms with Gasteiger partial charge in [-0.05, 0) is 0 Å². The van der Waals surface area contributed by atoms with Gasteiger partial charge in [-0.3, -0.25) is 4.90 Å². The molecule has 0 spiro atoms. The maximum atomic E-state index is 10.5. The predicted octanol–water partition coefficient (Wildman–Crippen LogP) is 1.06. The summed E-state index contributed by atoms with van der Waals surface area (Å²) in [6.45, 7) is 0.0732. The third kappa shape index (κ3) is 1.88. The summed E-state index contributed by atoms with van der Waals surface area (Å²) in [5, 5.41) is 8.77. The molecule has 66 valence electrons. The topological polar surface area (TPSA) is 62.1 Å².